The van der Waals surface area contributed by atoms with E-state index in [1.54, 1.807) is 7.11 Å². The van der Waals surface area contributed by atoms with Gasteiger partial charge in [-0.2, -0.15) is 0 Å². The molecule has 0 aromatic heterocycles. The molecule has 2 unspecified atom stereocenters. The minimum atomic E-state index is -0.701. The topological polar surface area (TPSA) is 64.6 Å². The quantitative estimate of drug-likeness (QED) is 0.710. The van der Waals surface area contributed by atoms with Crippen molar-refractivity contribution >= 4 is 11.8 Å². The minimum absolute atomic E-state index is 0.0687. The van der Waals surface area contributed by atoms with Crippen LogP contribution in [-0.4, -0.2) is 25.5 Å². The van der Waals surface area contributed by atoms with Gasteiger partial charge >= 0.3 is 5.97 Å². The summed E-state index contributed by atoms with van der Waals surface area (Å²) in [5.41, 5.74) is 4.00. The number of rotatable bonds is 6. The number of hydrogen-bond acceptors (Lipinski definition) is 5. The lowest BCUT2D eigenvalue weighted by Crippen LogP contribution is -2.41. The van der Waals surface area contributed by atoms with Crippen LogP contribution in [-0.2, 0) is 20.7 Å². The first-order valence-electron chi connectivity index (χ1n) is 10.7. The summed E-state index contributed by atoms with van der Waals surface area (Å²) >= 11 is 0. The van der Waals surface area contributed by atoms with Gasteiger partial charge in [0.2, 0.25) is 0 Å². The number of esters is 1. The van der Waals surface area contributed by atoms with Gasteiger partial charge in [0.1, 0.15) is 11.7 Å². The summed E-state index contributed by atoms with van der Waals surface area (Å²) in [4.78, 5) is 26.2. The van der Waals surface area contributed by atoms with Crippen molar-refractivity contribution in [1.29, 1.82) is 0 Å². The highest BCUT2D eigenvalue weighted by atomic mass is 16.5. The van der Waals surface area contributed by atoms with E-state index in [1.807, 2.05) is 54.6 Å². The lowest BCUT2D eigenvalue weighted by molar-refractivity contribution is -0.147. The SMILES string of the molecule is C=C1NC2=C(C(=O)CCC2)C(c2ccccc2OC)C1C(=O)OCCc1ccccc1. The molecule has 4 rings (SSSR count). The monoisotopic (exact) mass is 417 g/mol. The Hall–Kier alpha value is -3.34. The summed E-state index contributed by atoms with van der Waals surface area (Å²) in [6.07, 6.45) is 2.67. The predicted octanol–water partition coefficient (Wildman–Crippen LogP) is 4.30. The van der Waals surface area contributed by atoms with E-state index in [1.165, 1.54) is 0 Å². The molecule has 0 amide bonds. The van der Waals surface area contributed by atoms with E-state index >= 15 is 0 Å². The second-order valence-corrected chi connectivity index (χ2v) is 7.92. The molecular formula is C26H27NO4. The number of methoxy groups -OCH3 is 1. The first-order chi connectivity index (χ1) is 15.1. The molecule has 31 heavy (non-hydrogen) atoms. The van der Waals surface area contributed by atoms with E-state index in [4.69, 9.17) is 9.47 Å². The number of Topliss-reactive ketones (excluding diaryl/α,β-unsaturated/α-hetero) is 1. The van der Waals surface area contributed by atoms with E-state index in [2.05, 4.69) is 11.9 Å². The fourth-order valence-electron chi connectivity index (χ4n) is 4.53. The van der Waals surface area contributed by atoms with Gasteiger partial charge in [0.05, 0.1) is 13.7 Å². The van der Waals surface area contributed by atoms with Crippen LogP contribution in [0.4, 0.5) is 0 Å². The second kappa shape index (κ2) is 9.21. The standard InChI is InChI=1S/C26H27NO4/c1-17-23(26(29)31-16-15-18-9-4-3-5-10-18)24(19-11-6-7-14-22(19)30-2)25-20(27-17)12-8-13-21(25)28/h3-7,9-11,14,23-24,27H,1,8,12-13,15-16H2,2H3. The van der Waals surface area contributed by atoms with E-state index in [0.717, 1.165) is 29.7 Å². The number of ether oxygens (including phenoxy) is 2. The zero-order valence-corrected chi connectivity index (χ0v) is 17.7. The number of para-hydroxylation sites is 1. The molecule has 5 heteroatoms. The number of benzene rings is 2. The van der Waals surface area contributed by atoms with Crippen LogP contribution in [0.3, 0.4) is 0 Å². The zero-order chi connectivity index (χ0) is 21.8. The van der Waals surface area contributed by atoms with E-state index in [-0.39, 0.29) is 18.4 Å². The molecule has 1 aliphatic carbocycles. The van der Waals surface area contributed by atoms with Gasteiger partial charge in [0, 0.05) is 41.3 Å². The molecule has 2 aromatic rings. The molecule has 5 nitrogen and oxygen atoms in total. The van der Waals surface area contributed by atoms with Crippen LogP contribution in [0.1, 0.15) is 36.3 Å². The maximum absolute atomic E-state index is 13.3. The zero-order valence-electron chi connectivity index (χ0n) is 17.7. The fraction of sp³-hybridized carbons (Fsp3) is 0.308. The van der Waals surface area contributed by atoms with Crippen molar-refractivity contribution in [3.8, 4) is 5.75 Å². The van der Waals surface area contributed by atoms with Crippen molar-refractivity contribution in [3.05, 3.63) is 89.3 Å². The Kier molecular flexibility index (Phi) is 6.21. The fourth-order valence-corrected chi connectivity index (χ4v) is 4.53. The molecule has 0 bridgehead atoms. The van der Waals surface area contributed by atoms with Crippen LogP contribution in [0.2, 0.25) is 0 Å². The maximum Gasteiger partial charge on any atom is 0.315 e. The molecule has 1 aliphatic heterocycles. The Labute approximate surface area is 182 Å². The van der Waals surface area contributed by atoms with E-state index in [9.17, 15) is 9.59 Å². The molecule has 0 spiro atoms. The Bertz CT molecular complexity index is 1020. The van der Waals surface area contributed by atoms with Gasteiger partial charge in [-0.3, -0.25) is 9.59 Å². The number of hydrogen-bond donors (Lipinski definition) is 1. The molecule has 2 atom stereocenters. The molecule has 0 fully saturated rings. The average molecular weight is 418 g/mol. The highest BCUT2D eigenvalue weighted by Gasteiger charge is 2.44. The summed E-state index contributed by atoms with van der Waals surface area (Å²) < 4.78 is 11.3. The van der Waals surface area contributed by atoms with Gasteiger partial charge in [0.25, 0.3) is 0 Å². The van der Waals surface area contributed by atoms with Crippen molar-refractivity contribution in [2.45, 2.75) is 31.6 Å². The van der Waals surface area contributed by atoms with Gasteiger partial charge in [-0.1, -0.05) is 55.1 Å². The number of ketones is 1. The third-order valence-electron chi connectivity index (χ3n) is 5.99. The van der Waals surface area contributed by atoms with Gasteiger partial charge in [-0.25, -0.2) is 0 Å². The molecule has 1 N–H and O–H groups in total. The highest BCUT2D eigenvalue weighted by Crippen LogP contribution is 2.46. The number of allylic oxidation sites excluding steroid dienone is 2. The summed E-state index contributed by atoms with van der Waals surface area (Å²) in [5, 5.41) is 3.25. The summed E-state index contributed by atoms with van der Waals surface area (Å²) in [5.74, 6) is -0.840. The molecule has 0 saturated carbocycles. The first-order valence-corrected chi connectivity index (χ1v) is 10.7. The smallest absolute Gasteiger partial charge is 0.315 e. The summed E-state index contributed by atoms with van der Waals surface area (Å²) in [7, 11) is 1.60. The Morgan fingerprint density at radius 2 is 1.84 bits per heavy atom. The molecule has 1 heterocycles. The first kappa shape index (κ1) is 20.9. The molecule has 2 aromatic carbocycles. The van der Waals surface area contributed by atoms with Crippen LogP contribution in [0.5, 0.6) is 5.75 Å². The maximum atomic E-state index is 13.3. The van der Waals surface area contributed by atoms with Gasteiger partial charge in [-0.05, 0) is 24.5 Å². The lowest BCUT2D eigenvalue weighted by atomic mass is 9.71. The third kappa shape index (κ3) is 4.26. The molecule has 0 saturated heterocycles. The van der Waals surface area contributed by atoms with Crippen molar-refractivity contribution in [2.75, 3.05) is 13.7 Å². The normalized spacial score (nSPS) is 20.7. The number of nitrogens with one attached hydrogen (secondary N) is 1. The van der Waals surface area contributed by atoms with Gasteiger partial charge in [-0.15, -0.1) is 0 Å². The Morgan fingerprint density at radius 1 is 1.10 bits per heavy atom. The van der Waals surface area contributed by atoms with Crippen molar-refractivity contribution in [1.82, 2.24) is 5.32 Å². The molecule has 0 radical (unpaired) electrons. The molecule has 2 aliphatic rings. The second-order valence-electron chi connectivity index (χ2n) is 7.92. The van der Waals surface area contributed by atoms with Crippen LogP contribution in [0, 0.1) is 5.92 Å². The third-order valence-corrected chi connectivity index (χ3v) is 5.99. The van der Waals surface area contributed by atoms with Crippen molar-refractivity contribution in [2.24, 2.45) is 5.92 Å². The predicted molar refractivity (Wildman–Crippen MR) is 118 cm³/mol. The largest absolute Gasteiger partial charge is 0.496 e. The highest BCUT2D eigenvalue weighted by molar-refractivity contribution is 6.00. The minimum Gasteiger partial charge on any atom is -0.496 e. The van der Waals surface area contributed by atoms with Gasteiger partial charge < -0.3 is 14.8 Å². The number of carbonyl (C=O) groups is 2. The molecule has 160 valence electrons. The van der Waals surface area contributed by atoms with E-state index in [0.29, 0.717) is 29.9 Å². The van der Waals surface area contributed by atoms with Gasteiger partial charge in [0.15, 0.2) is 5.78 Å². The Balaban J connectivity index is 1.66. The van der Waals surface area contributed by atoms with Crippen molar-refractivity contribution in [3.63, 3.8) is 0 Å². The average Bonchev–Trinajstić information content (AvgIpc) is 2.79. The Morgan fingerprint density at radius 3 is 2.61 bits per heavy atom. The van der Waals surface area contributed by atoms with E-state index < -0.39 is 11.8 Å². The summed E-state index contributed by atoms with van der Waals surface area (Å²) in [6, 6.07) is 17.4. The van der Waals surface area contributed by atoms with Crippen LogP contribution >= 0.6 is 0 Å². The molecular weight excluding hydrogens is 390 g/mol. The van der Waals surface area contributed by atoms with Crippen LogP contribution < -0.4 is 10.1 Å². The van der Waals surface area contributed by atoms with Crippen LogP contribution in [0.15, 0.2) is 78.1 Å². The lowest BCUT2D eigenvalue weighted by Gasteiger charge is -2.38. The van der Waals surface area contributed by atoms with Crippen molar-refractivity contribution < 1.29 is 19.1 Å². The summed E-state index contributed by atoms with van der Waals surface area (Å²) in [6.45, 7) is 4.40. The number of carbonyl (C=O) groups excluding carboxylic acids is 2. The van der Waals surface area contributed by atoms with Crippen LogP contribution in [0.25, 0.3) is 0 Å².